The molecule has 9 heteroatoms. The first-order valence-corrected chi connectivity index (χ1v) is 9.61. The SMILES string of the molecule is CC[C@@H](C)[C@@H](NC(=O)COC(=O)c1ccc(NC(=O)OC(C)(C)C)cc1)C(=O)OC. The van der Waals surface area contributed by atoms with Crippen LogP contribution in [0.5, 0.6) is 0 Å². The van der Waals surface area contributed by atoms with E-state index in [1.807, 2.05) is 6.92 Å². The lowest BCUT2D eigenvalue weighted by Crippen LogP contribution is -2.47. The van der Waals surface area contributed by atoms with Gasteiger partial charge in [0.15, 0.2) is 6.61 Å². The monoisotopic (exact) mass is 422 g/mol. The van der Waals surface area contributed by atoms with E-state index in [1.165, 1.54) is 31.4 Å². The highest BCUT2D eigenvalue weighted by molar-refractivity contribution is 5.93. The summed E-state index contributed by atoms with van der Waals surface area (Å²) >= 11 is 0. The molecule has 0 spiro atoms. The van der Waals surface area contributed by atoms with Gasteiger partial charge in [-0.1, -0.05) is 20.3 Å². The van der Waals surface area contributed by atoms with Crippen molar-refractivity contribution in [3.63, 3.8) is 0 Å². The van der Waals surface area contributed by atoms with Gasteiger partial charge in [0.25, 0.3) is 5.91 Å². The van der Waals surface area contributed by atoms with Gasteiger partial charge in [-0.3, -0.25) is 10.1 Å². The van der Waals surface area contributed by atoms with E-state index in [4.69, 9.17) is 14.2 Å². The van der Waals surface area contributed by atoms with Crippen LogP contribution in [0.25, 0.3) is 0 Å². The highest BCUT2D eigenvalue weighted by atomic mass is 16.6. The van der Waals surface area contributed by atoms with Gasteiger partial charge >= 0.3 is 18.0 Å². The Morgan fingerprint density at radius 3 is 2.17 bits per heavy atom. The van der Waals surface area contributed by atoms with Gasteiger partial charge in [-0.15, -0.1) is 0 Å². The van der Waals surface area contributed by atoms with Gasteiger partial charge in [-0.2, -0.15) is 0 Å². The van der Waals surface area contributed by atoms with E-state index in [1.54, 1.807) is 27.7 Å². The van der Waals surface area contributed by atoms with Crippen LogP contribution < -0.4 is 10.6 Å². The van der Waals surface area contributed by atoms with Gasteiger partial charge in [0.1, 0.15) is 11.6 Å². The van der Waals surface area contributed by atoms with Gasteiger partial charge in [0.2, 0.25) is 0 Å². The van der Waals surface area contributed by atoms with Crippen molar-refractivity contribution < 1.29 is 33.4 Å². The molecule has 1 aromatic carbocycles. The van der Waals surface area contributed by atoms with Gasteiger partial charge in [0, 0.05) is 5.69 Å². The Bertz CT molecular complexity index is 754. The predicted octanol–water partition coefficient (Wildman–Crippen LogP) is 2.89. The maximum atomic E-state index is 12.1. The summed E-state index contributed by atoms with van der Waals surface area (Å²) in [5.74, 6) is -2.02. The first-order valence-electron chi connectivity index (χ1n) is 9.61. The Morgan fingerprint density at radius 1 is 1.07 bits per heavy atom. The van der Waals surface area contributed by atoms with Crippen LogP contribution >= 0.6 is 0 Å². The Kier molecular flexibility index (Phi) is 9.29. The number of hydrogen-bond acceptors (Lipinski definition) is 7. The molecular formula is C21H30N2O7. The van der Waals surface area contributed by atoms with Crippen molar-refractivity contribution in [2.75, 3.05) is 19.0 Å². The zero-order valence-corrected chi connectivity index (χ0v) is 18.2. The van der Waals surface area contributed by atoms with Crippen LogP contribution in [-0.4, -0.2) is 49.3 Å². The summed E-state index contributed by atoms with van der Waals surface area (Å²) in [6.07, 6.45) is 0.0414. The van der Waals surface area contributed by atoms with Gasteiger partial charge in [0.05, 0.1) is 12.7 Å². The molecule has 166 valence electrons. The smallest absolute Gasteiger partial charge is 0.412 e. The maximum Gasteiger partial charge on any atom is 0.412 e. The summed E-state index contributed by atoms with van der Waals surface area (Å²) in [4.78, 5) is 47.8. The number of carbonyl (C=O) groups excluding carboxylic acids is 4. The van der Waals surface area contributed by atoms with Crippen LogP contribution in [0.15, 0.2) is 24.3 Å². The summed E-state index contributed by atoms with van der Waals surface area (Å²) in [6, 6.07) is 5.10. The third kappa shape index (κ3) is 8.50. The quantitative estimate of drug-likeness (QED) is 0.488. The number of benzene rings is 1. The molecule has 2 amide bonds. The fourth-order valence-electron chi connectivity index (χ4n) is 2.34. The molecule has 0 fully saturated rings. The van der Waals surface area contributed by atoms with Crippen molar-refractivity contribution in [1.29, 1.82) is 0 Å². The Balaban J connectivity index is 2.59. The zero-order chi connectivity index (χ0) is 22.9. The number of rotatable bonds is 8. The average Bonchev–Trinajstić information content (AvgIpc) is 2.68. The molecule has 1 rings (SSSR count). The summed E-state index contributed by atoms with van der Waals surface area (Å²) in [6.45, 7) is 8.39. The van der Waals surface area contributed by atoms with Crippen LogP contribution in [0, 0.1) is 5.92 Å². The largest absolute Gasteiger partial charge is 0.467 e. The van der Waals surface area contributed by atoms with Crippen molar-refractivity contribution in [1.82, 2.24) is 5.32 Å². The van der Waals surface area contributed by atoms with Crippen molar-refractivity contribution in [3.05, 3.63) is 29.8 Å². The second kappa shape index (κ2) is 11.2. The highest BCUT2D eigenvalue weighted by Gasteiger charge is 2.27. The molecule has 9 nitrogen and oxygen atoms in total. The molecule has 0 saturated heterocycles. The minimum Gasteiger partial charge on any atom is -0.467 e. The van der Waals surface area contributed by atoms with Crippen LogP contribution in [0.2, 0.25) is 0 Å². The Labute approximate surface area is 176 Å². The number of methoxy groups -OCH3 is 1. The number of hydrogen-bond donors (Lipinski definition) is 2. The van der Waals surface area contributed by atoms with Gasteiger partial charge < -0.3 is 19.5 Å². The summed E-state index contributed by atoms with van der Waals surface area (Å²) in [7, 11) is 1.24. The number of nitrogens with one attached hydrogen (secondary N) is 2. The fourth-order valence-corrected chi connectivity index (χ4v) is 2.34. The van der Waals surface area contributed by atoms with Gasteiger partial charge in [-0.05, 0) is 51.0 Å². The first-order chi connectivity index (χ1) is 14.0. The first kappa shape index (κ1) is 24.9. The van der Waals surface area contributed by atoms with E-state index in [9.17, 15) is 19.2 Å². The van der Waals surface area contributed by atoms with E-state index in [2.05, 4.69) is 10.6 Å². The van der Waals surface area contributed by atoms with E-state index in [-0.39, 0.29) is 11.5 Å². The topological polar surface area (TPSA) is 120 Å². The molecule has 0 saturated carbocycles. The molecule has 2 N–H and O–H groups in total. The average molecular weight is 422 g/mol. The molecular weight excluding hydrogens is 392 g/mol. The number of ether oxygens (including phenoxy) is 3. The zero-order valence-electron chi connectivity index (χ0n) is 18.2. The van der Waals surface area contributed by atoms with E-state index in [0.29, 0.717) is 12.1 Å². The lowest BCUT2D eigenvalue weighted by molar-refractivity contribution is -0.147. The predicted molar refractivity (Wildman–Crippen MR) is 110 cm³/mol. The number of anilines is 1. The molecule has 1 aromatic rings. The highest BCUT2D eigenvalue weighted by Crippen LogP contribution is 2.14. The number of carbonyl (C=O) groups is 4. The molecule has 2 atom stereocenters. The van der Waals surface area contributed by atoms with Crippen molar-refractivity contribution >= 4 is 29.6 Å². The second-order valence-corrected chi connectivity index (χ2v) is 7.73. The minimum atomic E-state index is -0.815. The molecule has 0 unspecified atom stereocenters. The summed E-state index contributed by atoms with van der Waals surface area (Å²) in [5, 5.41) is 5.07. The van der Waals surface area contributed by atoms with E-state index >= 15 is 0 Å². The molecule has 0 bridgehead atoms. The normalized spacial score (nSPS) is 12.9. The lowest BCUT2D eigenvalue weighted by atomic mass is 9.99. The van der Waals surface area contributed by atoms with E-state index in [0.717, 1.165) is 0 Å². The Hall–Kier alpha value is -3.10. The fraction of sp³-hybridized carbons (Fsp3) is 0.524. The molecule has 0 heterocycles. The molecule has 0 radical (unpaired) electrons. The molecule has 0 aliphatic heterocycles. The van der Waals surface area contributed by atoms with E-state index < -0.39 is 42.2 Å². The summed E-state index contributed by atoms with van der Waals surface area (Å²) in [5.41, 5.74) is 0.00734. The second-order valence-electron chi connectivity index (χ2n) is 7.73. The van der Waals surface area contributed by atoms with Crippen LogP contribution in [0.3, 0.4) is 0 Å². The van der Waals surface area contributed by atoms with Gasteiger partial charge in [-0.25, -0.2) is 14.4 Å². The maximum absolute atomic E-state index is 12.1. The standard InChI is InChI=1S/C21H30N2O7/c1-7-13(2)17(19(26)28-6)23-16(24)12-29-18(25)14-8-10-15(11-9-14)22-20(27)30-21(3,4)5/h8-11,13,17H,7,12H2,1-6H3,(H,22,27)(H,23,24)/t13-,17-/m1/s1. The lowest BCUT2D eigenvalue weighted by Gasteiger charge is -2.21. The van der Waals surface area contributed by atoms with Crippen LogP contribution in [-0.2, 0) is 23.8 Å². The molecule has 0 aromatic heterocycles. The summed E-state index contributed by atoms with van der Waals surface area (Å²) < 4.78 is 14.8. The van der Waals surface area contributed by atoms with Crippen molar-refractivity contribution in [3.8, 4) is 0 Å². The van der Waals surface area contributed by atoms with Crippen LogP contribution in [0.1, 0.15) is 51.4 Å². The third-order valence-corrected chi connectivity index (χ3v) is 4.08. The minimum absolute atomic E-state index is 0.137. The Morgan fingerprint density at radius 2 is 1.67 bits per heavy atom. The molecule has 0 aliphatic rings. The third-order valence-electron chi connectivity index (χ3n) is 4.08. The number of amides is 2. The van der Waals surface area contributed by atoms with Crippen molar-refractivity contribution in [2.24, 2.45) is 5.92 Å². The van der Waals surface area contributed by atoms with Crippen LogP contribution in [0.4, 0.5) is 10.5 Å². The van der Waals surface area contributed by atoms with Crippen molar-refractivity contribution in [2.45, 2.75) is 52.7 Å². The number of esters is 2. The molecule has 0 aliphatic carbocycles. The molecule has 30 heavy (non-hydrogen) atoms.